The summed E-state index contributed by atoms with van der Waals surface area (Å²) in [5.74, 6) is 0.942. The van der Waals surface area contributed by atoms with Crippen LogP contribution in [0.3, 0.4) is 0 Å². The van der Waals surface area contributed by atoms with Crippen LogP contribution in [0, 0.1) is 20.8 Å². The number of amidine groups is 1. The van der Waals surface area contributed by atoms with Crippen molar-refractivity contribution in [2.45, 2.75) is 40.5 Å². The molecule has 2 aromatic rings. The van der Waals surface area contributed by atoms with Crippen molar-refractivity contribution in [2.75, 3.05) is 18.5 Å². The summed E-state index contributed by atoms with van der Waals surface area (Å²) in [5, 5.41) is 0.926. The lowest BCUT2D eigenvalue weighted by Crippen LogP contribution is -2.27. The van der Waals surface area contributed by atoms with Crippen molar-refractivity contribution in [3.05, 3.63) is 82.4 Å². The van der Waals surface area contributed by atoms with Gasteiger partial charge in [-0.2, -0.15) is 4.40 Å². The highest BCUT2D eigenvalue weighted by atomic mass is 32.2. The van der Waals surface area contributed by atoms with Gasteiger partial charge in [0, 0.05) is 42.4 Å². The molecular weight excluding hydrogens is 374 g/mol. The minimum absolute atomic E-state index is 0.926. The van der Waals surface area contributed by atoms with Gasteiger partial charge in [-0.1, -0.05) is 50.8 Å². The molecule has 0 aromatic heterocycles. The van der Waals surface area contributed by atoms with Crippen molar-refractivity contribution in [1.29, 1.82) is 0 Å². The van der Waals surface area contributed by atoms with E-state index in [0.29, 0.717) is 0 Å². The van der Waals surface area contributed by atoms with Gasteiger partial charge in [0.05, 0.1) is 10.7 Å². The zero-order chi connectivity index (χ0) is 21.1. The van der Waals surface area contributed by atoms with Crippen LogP contribution in [0.2, 0.25) is 0 Å². The summed E-state index contributed by atoms with van der Waals surface area (Å²) in [4.78, 5) is 4.43. The third kappa shape index (κ3) is 4.27. The van der Waals surface area contributed by atoms with Gasteiger partial charge < -0.3 is 4.90 Å². The fourth-order valence-corrected chi connectivity index (χ4v) is 4.31. The van der Waals surface area contributed by atoms with Gasteiger partial charge in [-0.3, -0.25) is 4.90 Å². The van der Waals surface area contributed by atoms with E-state index in [9.17, 15) is 0 Å². The van der Waals surface area contributed by atoms with E-state index < -0.39 is 0 Å². The average molecular weight is 406 g/mol. The van der Waals surface area contributed by atoms with E-state index in [1.165, 1.54) is 40.6 Å². The molecule has 152 valence electrons. The van der Waals surface area contributed by atoms with Crippen LogP contribution in [-0.4, -0.2) is 24.3 Å². The van der Waals surface area contributed by atoms with Crippen molar-refractivity contribution in [3.8, 4) is 0 Å². The van der Waals surface area contributed by atoms with Gasteiger partial charge >= 0.3 is 0 Å². The number of anilines is 1. The van der Waals surface area contributed by atoms with Gasteiger partial charge in [-0.05, 0) is 56.0 Å². The molecule has 4 heteroatoms. The maximum atomic E-state index is 4.79. The van der Waals surface area contributed by atoms with Gasteiger partial charge in [0.25, 0.3) is 0 Å². The number of rotatable bonds is 7. The molecule has 0 saturated heterocycles. The molecule has 2 aromatic carbocycles. The Morgan fingerprint density at radius 3 is 2.52 bits per heavy atom. The maximum Gasteiger partial charge on any atom is 0.154 e. The number of hydrogen-bond donors (Lipinski definition) is 0. The second kappa shape index (κ2) is 8.91. The molecule has 0 bridgehead atoms. The highest BCUT2D eigenvalue weighted by Gasteiger charge is 2.28. The number of benzene rings is 2. The molecule has 0 unspecified atom stereocenters. The highest BCUT2D eigenvalue weighted by molar-refractivity contribution is 8.02. The zero-order valence-corrected chi connectivity index (χ0v) is 19.1. The average Bonchev–Trinajstić information content (AvgIpc) is 3.07. The summed E-state index contributed by atoms with van der Waals surface area (Å²) in [6, 6.07) is 12.9. The minimum Gasteiger partial charge on any atom is -0.375 e. The second-order valence-electron chi connectivity index (χ2n) is 7.73. The molecule has 1 heterocycles. The first-order valence-corrected chi connectivity index (χ1v) is 10.9. The molecule has 0 fully saturated rings. The smallest absolute Gasteiger partial charge is 0.154 e. The molecule has 0 amide bonds. The van der Waals surface area contributed by atoms with Gasteiger partial charge in [0.2, 0.25) is 0 Å². The van der Waals surface area contributed by atoms with E-state index in [1.807, 2.05) is 0 Å². The Labute approximate surface area is 180 Å². The van der Waals surface area contributed by atoms with E-state index in [0.717, 1.165) is 40.8 Å². The van der Waals surface area contributed by atoms with Crippen LogP contribution in [0.5, 0.6) is 0 Å². The summed E-state index contributed by atoms with van der Waals surface area (Å²) in [6.07, 6.45) is 2.34. The number of unbranched alkanes of at least 4 members (excludes halogenated alkanes) is 1. The summed E-state index contributed by atoms with van der Waals surface area (Å²) < 4.78 is 4.79. The van der Waals surface area contributed by atoms with Crippen LogP contribution in [0.1, 0.15) is 47.6 Å². The van der Waals surface area contributed by atoms with Crippen molar-refractivity contribution in [1.82, 2.24) is 4.90 Å². The monoisotopic (exact) mass is 405 g/mol. The minimum atomic E-state index is 0.926. The molecular formula is C25H31N3S. The molecule has 0 N–H and O–H groups in total. The molecule has 0 radical (unpaired) electrons. The van der Waals surface area contributed by atoms with Gasteiger partial charge in [0.1, 0.15) is 0 Å². The highest BCUT2D eigenvalue weighted by Crippen LogP contribution is 2.38. The van der Waals surface area contributed by atoms with Crippen LogP contribution >= 0.6 is 11.9 Å². The Hall–Kier alpha value is -2.46. The molecule has 29 heavy (non-hydrogen) atoms. The van der Waals surface area contributed by atoms with Crippen LogP contribution < -0.4 is 4.90 Å². The largest absolute Gasteiger partial charge is 0.375 e. The lowest BCUT2D eigenvalue weighted by atomic mass is 9.96. The van der Waals surface area contributed by atoms with Crippen LogP contribution in [-0.2, 0) is 0 Å². The molecule has 3 nitrogen and oxygen atoms in total. The Kier molecular flexibility index (Phi) is 6.53. The molecule has 1 aliphatic rings. The molecule has 1 aliphatic heterocycles. The number of aryl methyl sites for hydroxylation is 3. The first kappa shape index (κ1) is 21.3. The molecule has 0 saturated carbocycles. The van der Waals surface area contributed by atoms with Crippen molar-refractivity contribution in [2.24, 2.45) is 4.40 Å². The van der Waals surface area contributed by atoms with Crippen molar-refractivity contribution >= 4 is 29.2 Å². The van der Waals surface area contributed by atoms with Gasteiger partial charge in [-0.15, -0.1) is 0 Å². The van der Waals surface area contributed by atoms with Crippen LogP contribution in [0.25, 0.3) is 5.70 Å². The maximum absolute atomic E-state index is 4.79. The summed E-state index contributed by atoms with van der Waals surface area (Å²) in [7, 11) is 2.13. The van der Waals surface area contributed by atoms with E-state index in [1.54, 1.807) is 0 Å². The first-order valence-electron chi connectivity index (χ1n) is 10.2. The second-order valence-corrected chi connectivity index (χ2v) is 8.56. The van der Waals surface area contributed by atoms with E-state index in [4.69, 9.17) is 4.40 Å². The quantitative estimate of drug-likeness (QED) is 0.478. The molecule has 3 rings (SSSR count). The standard InChI is InChI=1S/C25H31N3S/c1-8-9-14-27(7)20(5)22-16-23(19(4)15-18(22)3)25-26-29-21(6)28(25)24-13-11-10-12-17(24)2/h10-13,15-16H,5-6,8-9,14H2,1-4,7H3. The fraction of sp³-hybridized carbons (Fsp3) is 0.320. The topological polar surface area (TPSA) is 18.8 Å². The summed E-state index contributed by atoms with van der Waals surface area (Å²) in [6.45, 7) is 18.3. The molecule has 0 aliphatic carbocycles. The van der Waals surface area contributed by atoms with Crippen molar-refractivity contribution < 1.29 is 0 Å². The fourth-order valence-electron chi connectivity index (χ4n) is 3.67. The van der Waals surface area contributed by atoms with E-state index >= 15 is 0 Å². The predicted molar refractivity (Wildman–Crippen MR) is 129 cm³/mol. The van der Waals surface area contributed by atoms with Crippen molar-refractivity contribution in [3.63, 3.8) is 0 Å². The Morgan fingerprint density at radius 2 is 1.83 bits per heavy atom. The normalized spacial score (nSPS) is 13.6. The van der Waals surface area contributed by atoms with Crippen LogP contribution in [0.4, 0.5) is 5.69 Å². The molecule has 0 spiro atoms. The number of hydrogen-bond acceptors (Lipinski definition) is 4. The first-order chi connectivity index (χ1) is 13.8. The van der Waals surface area contributed by atoms with Crippen LogP contribution in [0.15, 0.2) is 59.0 Å². The Morgan fingerprint density at radius 1 is 1.10 bits per heavy atom. The Balaban J connectivity index is 2.03. The van der Waals surface area contributed by atoms with Gasteiger partial charge in [0.15, 0.2) is 5.84 Å². The summed E-state index contributed by atoms with van der Waals surface area (Å²) >= 11 is 1.44. The van der Waals surface area contributed by atoms with Gasteiger partial charge in [-0.25, -0.2) is 0 Å². The lowest BCUT2D eigenvalue weighted by Gasteiger charge is -2.26. The third-order valence-corrected chi connectivity index (χ3v) is 6.14. The number of para-hydroxylation sites is 1. The third-order valence-electron chi connectivity index (χ3n) is 5.49. The SMILES string of the molecule is C=C(c1cc(C2=NSC(=C)N2c2ccccc2C)c(C)cc1C)N(C)CCCC. The predicted octanol–water partition coefficient (Wildman–Crippen LogP) is 6.70. The number of nitrogens with zero attached hydrogens (tertiary/aromatic N) is 3. The molecule has 0 atom stereocenters. The Bertz CT molecular complexity index is 974. The van der Waals surface area contributed by atoms with E-state index in [2.05, 4.69) is 94.1 Å². The van der Waals surface area contributed by atoms with E-state index in [-0.39, 0.29) is 0 Å². The summed E-state index contributed by atoms with van der Waals surface area (Å²) in [5.41, 5.74) is 8.16. The lowest BCUT2D eigenvalue weighted by molar-refractivity contribution is 0.463. The zero-order valence-electron chi connectivity index (χ0n) is 18.2.